The van der Waals surface area contributed by atoms with Gasteiger partial charge in [0.1, 0.15) is 0 Å². The number of carbonyl (C=O) groups is 2. The molecule has 0 bridgehead atoms. The molecule has 0 spiro atoms. The van der Waals surface area contributed by atoms with Crippen LogP contribution < -0.4 is 5.32 Å². The van der Waals surface area contributed by atoms with E-state index in [2.05, 4.69) is 11.9 Å². The molecule has 1 aromatic carbocycles. The Balaban J connectivity index is 3.56. The first-order chi connectivity index (χ1) is 12.1. The van der Waals surface area contributed by atoms with E-state index >= 15 is 0 Å². The van der Waals surface area contributed by atoms with Gasteiger partial charge in [0, 0.05) is 21.9 Å². The first-order valence-electron chi connectivity index (χ1n) is 7.29. The van der Waals surface area contributed by atoms with Crippen molar-refractivity contribution in [1.29, 1.82) is 5.41 Å². The molecule has 0 unspecified atom stereocenters. The Bertz CT molecular complexity index is 824. The van der Waals surface area contributed by atoms with Gasteiger partial charge in [-0.1, -0.05) is 42.5 Å². The Morgan fingerprint density at radius 1 is 1.35 bits per heavy atom. The van der Waals surface area contributed by atoms with Crippen LogP contribution in [0.4, 0.5) is 18.9 Å². The maximum Gasteiger partial charge on any atom is 0.417 e. The Kier molecular flexibility index (Phi) is 7.09. The van der Waals surface area contributed by atoms with E-state index in [1.54, 1.807) is 0 Å². The molecule has 0 fully saturated rings. The molecule has 4 nitrogen and oxygen atoms in total. The average molecular weight is 385 g/mol. The number of hydrogen-bond acceptors (Lipinski definition) is 3. The summed E-state index contributed by atoms with van der Waals surface area (Å²) in [6.45, 7) is 5.87. The minimum atomic E-state index is -4.84. The van der Waals surface area contributed by atoms with Crippen LogP contribution in [-0.2, 0) is 4.79 Å². The molecule has 138 valence electrons. The highest BCUT2D eigenvalue weighted by Crippen LogP contribution is 2.34. The van der Waals surface area contributed by atoms with Crippen molar-refractivity contribution >= 4 is 35.2 Å². The molecule has 0 atom stereocenters. The van der Waals surface area contributed by atoms with Crippen molar-refractivity contribution in [3.63, 3.8) is 0 Å². The lowest BCUT2D eigenvalue weighted by Crippen LogP contribution is -2.23. The minimum Gasteiger partial charge on any atom is -0.321 e. The van der Waals surface area contributed by atoms with Gasteiger partial charge in [0.05, 0.1) is 16.8 Å². The number of alkyl halides is 3. The summed E-state index contributed by atoms with van der Waals surface area (Å²) in [6, 6.07) is 4.24. The molecular formula is C18H16ClF3N2O2. The predicted octanol–water partition coefficient (Wildman–Crippen LogP) is 5.01. The largest absolute Gasteiger partial charge is 0.417 e. The fourth-order valence-electron chi connectivity index (χ4n) is 2.24. The number of carbonyl (C=O) groups excluding carboxylic acids is 2. The maximum absolute atomic E-state index is 13.2. The molecule has 0 radical (unpaired) electrons. The Morgan fingerprint density at radius 2 is 1.96 bits per heavy atom. The molecule has 0 aromatic heterocycles. The quantitative estimate of drug-likeness (QED) is 0.313. The van der Waals surface area contributed by atoms with E-state index in [-0.39, 0.29) is 22.5 Å². The zero-order valence-corrected chi connectivity index (χ0v) is 14.8. The van der Waals surface area contributed by atoms with Crippen molar-refractivity contribution in [3.05, 3.63) is 64.2 Å². The number of rotatable bonds is 6. The lowest BCUT2D eigenvalue weighted by Gasteiger charge is -2.17. The van der Waals surface area contributed by atoms with Gasteiger partial charge in [0.15, 0.2) is 6.29 Å². The van der Waals surface area contributed by atoms with Gasteiger partial charge in [0.25, 0.3) is 5.91 Å². The standard InChI is InChI=1S/C18H16ClF3N2O2/c1-4-12(18(20,21)22)16(13(19)5-2)17(26)24-14-8-6-7-11(9-25)15(14)10(3)23/h4-9,23H,1H2,2-3H3,(H,24,26)/b13-5+,16-12-,23-10?. The van der Waals surface area contributed by atoms with Crippen molar-refractivity contribution in [2.24, 2.45) is 0 Å². The number of allylic oxidation sites excluding steroid dienone is 3. The normalized spacial score (nSPS) is 12.9. The topological polar surface area (TPSA) is 70.0 Å². The monoisotopic (exact) mass is 384 g/mol. The molecule has 0 aliphatic heterocycles. The average Bonchev–Trinajstić information content (AvgIpc) is 2.56. The molecule has 1 rings (SSSR count). The third kappa shape index (κ3) is 4.70. The van der Waals surface area contributed by atoms with E-state index in [0.29, 0.717) is 12.4 Å². The number of amides is 1. The van der Waals surface area contributed by atoms with Gasteiger partial charge in [-0.25, -0.2) is 0 Å². The van der Waals surface area contributed by atoms with E-state index in [9.17, 15) is 22.8 Å². The van der Waals surface area contributed by atoms with Crippen LogP contribution in [0.25, 0.3) is 0 Å². The van der Waals surface area contributed by atoms with Crippen molar-refractivity contribution in [3.8, 4) is 0 Å². The highest BCUT2D eigenvalue weighted by Gasteiger charge is 2.37. The smallest absolute Gasteiger partial charge is 0.321 e. The number of halogens is 4. The molecule has 0 saturated heterocycles. The fraction of sp³-hybridized carbons (Fsp3) is 0.167. The number of nitrogens with one attached hydrogen (secondary N) is 2. The van der Waals surface area contributed by atoms with Crippen molar-refractivity contribution in [1.82, 2.24) is 0 Å². The first-order valence-corrected chi connectivity index (χ1v) is 7.67. The Hall–Kier alpha value is -2.67. The van der Waals surface area contributed by atoms with Gasteiger partial charge < -0.3 is 10.7 Å². The van der Waals surface area contributed by atoms with Crippen LogP contribution in [0.2, 0.25) is 0 Å². The van der Waals surface area contributed by atoms with Crippen LogP contribution in [-0.4, -0.2) is 24.1 Å². The highest BCUT2D eigenvalue weighted by molar-refractivity contribution is 6.36. The highest BCUT2D eigenvalue weighted by atomic mass is 35.5. The van der Waals surface area contributed by atoms with E-state index in [0.717, 1.165) is 6.08 Å². The third-order valence-corrected chi connectivity index (χ3v) is 3.75. The van der Waals surface area contributed by atoms with Crippen LogP contribution in [0.3, 0.4) is 0 Å². The summed E-state index contributed by atoms with van der Waals surface area (Å²) >= 11 is 5.83. The predicted molar refractivity (Wildman–Crippen MR) is 95.8 cm³/mol. The van der Waals surface area contributed by atoms with Gasteiger partial charge in [0.2, 0.25) is 0 Å². The molecular weight excluding hydrogens is 369 g/mol. The minimum absolute atomic E-state index is 0.0238. The van der Waals surface area contributed by atoms with Crippen LogP contribution in [0.5, 0.6) is 0 Å². The zero-order chi connectivity index (χ0) is 20.1. The summed E-state index contributed by atoms with van der Waals surface area (Å²) in [5, 5.41) is 9.65. The van der Waals surface area contributed by atoms with E-state index in [1.807, 2.05) is 0 Å². The lowest BCUT2D eigenvalue weighted by atomic mass is 10.0. The molecule has 0 saturated carbocycles. The summed E-state index contributed by atoms with van der Waals surface area (Å²) in [5.41, 5.74) is -1.88. The van der Waals surface area contributed by atoms with E-state index in [1.165, 1.54) is 32.0 Å². The van der Waals surface area contributed by atoms with Crippen LogP contribution in [0, 0.1) is 5.41 Å². The number of anilines is 1. The second kappa shape index (κ2) is 8.62. The fourth-order valence-corrected chi connectivity index (χ4v) is 2.43. The summed E-state index contributed by atoms with van der Waals surface area (Å²) in [4.78, 5) is 23.7. The molecule has 26 heavy (non-hydrogen) atoms. The first kappa shape index (κ1) is 21.4. The Morgan fingerprint density at radius 3 is 2.38 bits per heavy atom. The van der Waals surface area contributed by atoms with Crippen molar-refractivity contribution in [2.45, 2.75) is 20.0 Å². The third-order valence-electron chi connectivity index (χ3n) is 3.35. The zero-order valence-electron chi connectivity index (χ0n) is 14.0. The summed E-state index contributed by atoms with van der Waals surface area (Å²) in [5.74, 6) is -1.13. The summed E-state index contributed by atoms with van der Waals surface area (Å²) in [7, 11) is 0. The van der Waals surface area contributed by atoms with Crippen LogP contribution >= 0.6 is 11.6 Å². The molecule has 2 N–H and O–H groups in total. The molecule has 0 aliphatic carbocycles. The Labute approximate surface area is 153 Å². The van der Waals surface area contributed by atoms with E-state index < -0.39 is 28.3 Å². The number of benzene rings is 1. The molecule has 1 aromatic rings. The van der Waals surface area contributed by atoms with Gasteiger partial charge in [-0.05, 0) is 19.9 Å². The second-order valence-corrected chi connectivity index (χ2v) is 5.50. The molecule has 0 aliphatic rings. The second-order valence-electron chi connectivity index (χ2n) is 5.09. The summed E-state index contributed by atoms with van der Waals surface area (Å²) in [6.07, 6.45) is -2.70. The molecule has 1 amide bonds. The van der Waals surface area contributed by atoms with Crippen LogP contribution in [0.15, 0.2) is 53.1 Å². The summed E-state index contributed by atoms with van der Waals surface area (Å²) < 4.78 is 39.7. The van der Waals surface area contributed by atoms with Gasteiger partial charge >= 0.3 is 6.18 Å². The SMILES string of the molecule is C=C/C(=C(C(=O)Nc1cccc(C=O)c1C(C)=N)\C(Cl)=C/C)C(F)(F)F. The van der Waals surface area contributed by atoms with Gasteiger partial charge in [-0.3, -0.25) is 9.59 Å². The van der Waals surface area contributed by atoms with E-state index in [4.69, 9.17) is 17.0 Å². The van der Waals surface area contributed by atoms with Crippen molar-refractivity contribution < 1.29 is 22.8 Å². The van der Waals surface area contributed by atoms with Crippen LogP contribution in [0.1, 0.15) is 29.8 Å². The number of aldehydes is 1. The van der Waals surface area contributed by atoms with Crippen molar-refractivity contribution in [2.75, 3.05) is 5.32 Å². The maximum atomic E-state index is 13.2. The lowest BCUT2D eigenvalue weighted by molar-refractivity contribution is -0.114. The van der Waals surface area contributed by atoms with Gasteiger partial charge in [-0.15, -0.1) is 0 Å². The molecule has 8 heteroatoms. The molecule has 0 heterocycles. The number of hydrogen-bond donors (Lipinski definition) is 2. The van der Waals surface area contributed by atoms with Gasteiger partial charge in [-0.2, -0.15) is 13.2 Å².